The first-order valence-electron chi connectivity index (χ1n) is 3.59. The van der Waals surface area contributed by atoms with Crippen LogP contribution in [0.5, 0.6) is 0 Å². The fraction of sp³-hybridized carbons (Fsp3) is 1.00. The van der Waals surface area contributed by atoms with Gasteiger partial charge < -0.3 is 0 Å². The average Bonchev–Trinajstić information content (AvgIpc) is 2.05. The largest absolute Gasteiger partial charge is 0.168 e. The molecule has 0 aliphatic heterocycles. The van der Waals surface area contributed by atoms with E-state index in [0.29, 0.717) is 9.16 Å². The summed E-state index contributed by atoms with van der Waals surface area (Å²) < 4.78 is 0.785. The molecule has 0 heterocycles. The van der Waals surface area contributed by atoms with Crippen molar-refractivity contribution in [2.75, 3.05) is 21.7 Å². The molecule has 0 spiro atoms. The lowest BCUT2D eigenvalue weighted by atomic mass is 10.9. The van der Waals surface area contributed by atoms with E-state index in [2.05, 4.69) is 50.5 Å². The van der Waals surface area contributed by atoms with E-state index < -0.39 is 0 Å². The van der Waals surface area contributed by atoms with Gasteiger partial charge in [-0.15, -0.1) is 23.5 Å². The molecule has 0 fully saturated rings. The number of thiol groups is 4. The molecule has 0 bridgehead atoms. The molecular weight excluding hydrogens is 297 g/mol. The average molecular weight is 311 g/mol. The molecule has 0 radical (unpaired) electrons. The first-order chi connectivity index (χ1) is 6.20. The van der Waals surface area contributed by atoms with Gasteiger partial charge in [0.2, 0.25) is 0 Å². The van der Waals surface area contributed by atoms with Gasteiger partial charge in [0, 0.05) is 21.7 Å². The van der Waals surface area contributed by atoms with Gasteiger partial charge in [0.25, 0.3) is 0 Å². The summed E-state index contributed by atoms with van der Waals surface area (Å²) in [7, 11) is 0. The van der Waals surface area contributed by atoms with Crippen molar-refractivity contribution >= 4 is 85.8 Å². The maximum atomic E-state index is 4.41. The van der Waals surface area contributed by atoms with E-state index in [0.717, 1.165) is 21.7 Å². The van der Waals surface area contributed by atoms with Crippen LogP contribution in [-0.2, 0) is 0 Å². The molecule has 0 aliphatic carbocycles. The standard InChI is InChI=1S/C6H14S7/c7-3-12-5(9)1-11-2-6(10)13-4-8/h5-10H,1-4H2. The smallest absolute Gasteiger partial charge is 0.0570 e. The molecule has 0 N–H and O–H groups in total. The number of hydrogen-bond donors (Lipinski definition) is 4. The molecule has 13 heavy (non-hydrogen) atoms. The Labute approximate surface area is 116 Å². The lowest BCUT2D eigenvalue weighted by Gasteiger charge is -2.11. The summed E-state index contributed by atoms with van der Waals surface area (Å²) in [6.45, 7) is 0. The van der Waals surface area contributed by atoms with Crippen molar-refractivity contribution < 1.29 is 0 Å². The van der Waals surface area contributed by atoms with Gasteiger partial charge in [-0.2, -0.15) is 62.3 Å². The summed E-state index contributed by atoms with van der Waals surface area (Å²) >= 11 is 22.5. The molecule has 7 heteroatoms. The molecule has 2 atom stereocenters. The predicted octanol–water partition coefficient (Wildman–Crippen LogP) is 3.47. The van der Waals surface area contributed by atoms with Crippen LogP contribution in [0.2, 0.25) is 0 Å². The van der Waals surface area contributed by atoms with E-state index in [4.69, 9.17) is 0 Å². The first-order valence-corrected chi connectivity index (χ1v) is 9.14. The van der Waals surface area contributed by atoms with Crippen molar-refractivity contribution in [2.24, 2.45) is 0 Å². The highest BCUT2D eigenvalue weighted by atomic mass is 32.2. The fourth-order valence-electron chi connectivity index (χ4n) is 0.538. The van der Waals surface area contributed by atoms with Crippen LogP contribution in [0.15, 0.2) is 0 Å². The van der Waals surface area contributed by atoms with Crippen LogP contribution in [0.3, 0.4) is 0 Å². The van der Waals surface area contributed by atoms with Crippen LogP contribution < -0.4 is 0 Å². The summed E-state index contributed by atoms with van der Waals surface area (Å²) in [5.41, 5.74) is 0. The van der Waals surface area contributed by atoms with Crippen LogP contribution >= 0.6 is 85.8 Å². The lowest BCUT2D eigenvalue weighted by Crippen LogP contribution is -2.02. The summed E-state index contributed by atoms with van der Waals surface area (Å²) in [5, 5.41) is 1.68. The van der Waals surface area contributed by atoms with Gasteiger partial charge in [0.05, 0.1) is 9.16 Å². The van der Waals surface area contributed by atoms with Gasteiger partial charge in [-0.25, -0.2) is 0 Å². The zero-order valence-electron chi connectivity index (χ0n) is 7.00. The minimum atomic E-state index is 0.393. The monoisotopic (exact) mass is 310 g/mol. The molecular formula is C6H14S7. The van der Waals surface area contributed by atoms with E-state index >= 15 is 0 Å². The molecule has 0 saturated carbocycles. The van der Waals surface area contributed by atoms with Crippen molar-refractivity contribution in [1.29, 1.82) is 0 Å². The van der Waals surface area contributed by atoms with Crippen LogP contribution in [0.25, 0.3) is 0 Å². The molecule has 0 aliphatic rings. The predicted molar refractivity (Wildman–Crippen MR) is 85.8 cm³/mol. The zero-order valence-corrected chi connectivity index (χ0v) is 13.0. The highest BCUT2D eigenvalue weighted by Gasteiger charge is 2.05. The summed E-state index contributed by atoms with van der Waals surface area (Å²) in [4.78, 5) is 0. The van der Waals surface area contributed by atoms with E-state index in [9.17, 15) is 0 Å². The lowest BCUT2D eigenvalue weighted by molar-refractivity contribution is 1.41. The summed E-state index contributed by atoms with van der Waals surface area (Å²) in [5.74, 6) is 2.11. The normalized spacial score (nSPS) is 15.7. The Balaban J connectivity index is 3.23. The molecule has 0 saturated heterocycles. The molecule has 0 nitrogen and oxygen atoms in total. The van der Waals surface area contributed by atoms with Gasteiger partial charge in [-0.1, -0.05) is 0 Å². The Morgan fingerprint density at radius 1 is 0.846 bits per heavy atom. The van der Waals surface area contributed by atoms with E-state index in [1.165, 1.54) is 0 Å². The number of thioether (sulfide) groups is 3. The number of hydrogen-bond acceptors (Lipinski definition) is 7. The zero-order chi connectivity index (χ0) is 10.1. The third-order valence-corrected chi connectivity index (χ3v) is 6.66. The Kier molecular flexibility index (Phi) is 13.0. The topological polar surface area (TPSA) is 0 Å². The van der Waals surface area contributed by atoms with E-state index in [1.54, 1.807) is 23.5 Å². The van der Waals surface area contributed by atoms with Crippen LogP contribution in [0.1, 0.15) is 0 Å². The van der Waals surface area contributed by atoms with Crippen LogP contribution in [0, 0.1) is 0 Å². The van der Waals surface area contributed by atoms with Gasteiger partial charge in [-0.05, 0) is 0 Å². The van der Waals surface area contributed by atoms with Crippen molar-refractivity contribution in [1.82, 2.24) is 0 Å². The molecule has 0 rings (SSSR count). The molecule has 0 aromatic carbocycles. The SMILES string of the molecule is SCSC(S)CSCC(S)SCS. The minimum absolute atomic E-state index is 0.393. The molecule has 0 aromatic rings. The highest BCUT2D eigenvalue weighted by Crippen LogP contribution is 2.25. The Bertz CT molecular complexity index is 97.2. The maximum absolute atomic E-state index is 4.41. The molecule has 0 aromatic heterocycles. The second kappa shape index (κ2) is 11.0. The van der Waals surface area contributed by atoms with Crippen molar-refractivity contribution in [3.8, 4) is 0 Å². The second-order valence-electron chi connectivity index (χ2n) is 2.04. The van der Waals surface area contributed by atoms with Crippen molar-refractivity contribution in [2.45, 2.75) is 9.16 Å². The quantitative estimate of drug-likeness (QED) is 0.401. The first kappa shape index (κ1) is 15.4. The summed E-state index contributed by atoms with van der Waals surface area (Å²) in [6.07, 6.45) is 0. The van der Waals surface area contributed by atoms with E-state index in [-0.39, 0.29) is 0 Å². The highest BCUT2D eigenvalue weighted by molar-refractivity contribution is 8.18. The van der Waals surface area contributed by atoms with Crippen molar-refractivity contribution in [3.63, 3.8) is 0 Å². The van der Waals surface area contributed by atoms with Gasteiger partial charge >= 0.3 is 0 Å². The van der Waals surface area contributed by atoms with E-state index in [1.807, 2.05) is 11.8 Å². The second-order valence-corrected chi connectivity index (χ2v) is 8.93. The maximum Gasteiger partial charge on any atom is 0.0570 e. The molecule has 0 amide bonds. The third kappa shape index (κ3) is 10.7. The number of rotatable bonds is 8. The Hall–Kier alpha value is 2.45. The summed E-state index contributed by atoms with van der Waals surface area (Å²) in [6, 6.07) is 0. The Morgan fingerprint density at radius 3 is 1.54 bits per heavy atom. The minimum Gasteiger partial charge on any atom is -0.168 e. The van der Waals surface area contributed by atoms with Crippen molar-refractivity contribution in [3.05, 3.63) is 0 Å². The van der Waals surface area contributed by atoms with Crippen LogP contribution in [-0.4, -0.2) is 30.8 Å². The van der Waals surface area contributed by atoms with Gasteiger partial charge in [0.1, 0.15) is 0 Å². The fourth-order valence-corrected chi connectivity index (χ4v) is 5.63. The third-order valence-electron chi connectivity index (χ3n) is 1.05. The Morgan fingerprint density at radius 2 is 1.23 bits per heavy atom. The molecule has 80 valence electrons. The van der Waals surface area contributed by atoms with Crippen LogP contribution in [0.4, 0.5) is 0 Å². The molecule has 2 unspecified atom stereocenters. The van der Waals surface area contributed by atoms with Gasteiger partial charge in [-0.3, -0.25) is 0 Å². The van der Waals surface area contributed by atoms with Gasteiger partial charge in [0.15, 0.2) is 0 Å².